The third-order valence-electron chi connectivity index (χ3n) is 6.11. The summed E-state index contributed by atoms with van der Waals surface area (Å²) < 4.78 is 32.7. The lowest BCUT2D eigenvalue weighted by atomic mass is 9.63. The van der Waals surface area contributed by atoms with Crippen LogP contribution in [0.2, 0.25) is 0 Å². The van der Waals surface area contributed by atoms with Crippen LogP contribution in [-0.2, 0) is 4.79 Å². The number of benzene rings is 1. The van der Waals surface area contributed by atoms with E-state index in [-0.39, 0.29) is 11.7 Å². The van der Waals surface area contributed by atoms with E-state index in [9.17, 15) is 13.6 Å². The number of rotatable bonds is 5. The summed E-state index contributed by atoms with van der Waals surface area (Å²) in [5.41, 5.74) is 0.771. The highest BCUT2D eigenvalue weighted by Gasteiger charge is 2.36. The predicted molar refractivity (Wildman–Crippen MR) is 89.1 cm³/mol. The molecule has 0 bridgehead atoms. The van der Waals surface area contributed by atoms with Crippen molar-refractivity contribution in [1.82, 2.24) is 0 Å². The van der Waals surface area contributed by atoms with Crippen LogP contribution in [-0.4, -0.2) is 13.4 Å². The zero-order valence-corrected chi connectivity index (χ0v) is 14.3. The van der Waals surface area contributed by atoms with Gasteiger partial charge in [-0.1, -0.05) is 6.42 Å². The molecular formula is C20H26F2O2. The molecule has 1 aromatic rings. The van der Waals surface area contributed by atoms with Crippen molar-refractivity contribution in [1.29, 1.82) is 0 Å². The zero-order chi connectivity index (χ0) is 17.1. The Labute approximate surface area is 142 Å². The first-order valence-electron chi connectivity index (χ1n) is 9.09. The monoisotopic (exact) mass is 336 g/mol. The number of carbonyl (C=O) groups excluding carboxylic acids is 1. The third-order valence-corrected chi connectivity index (χ3v) is 6.11. The molecule has 4 heteroatoms. The quantitative estimate of drug-likeness (QED) is 0.686. The zero-order valence-electron chi connectivity index (χ0n) is 14.3. The van der Waals surface area contributed by atoms with Gasteiger partial charge in [0.05, 0.1) is 7.11 Å². The Morgan fingerprint density at radius 1 is 1.08 bits per heavy atom. The summed E-state index contributed by atoms with van der Waals surface area (Å²) in [4.78, 5) is 10.6. The molecule has 2 aliphatic rings. The molecule has 1 aromatic carbocycles. The summed E-state index contributed by atoms with van der Waals surface area (Å²) in [5.74, 6) is 0.808. The van der Waals surface area contributed by atoms with Crippen molar-refractivity contribution in [2.45, 2.75) is 57.3 Å². The second-order valence-electron chi connectivity index (χ2n) is 7.47. The highest BCUT2D eigenvalue weighted by atomic mass is 19.1. The van der Waals surface area contributed by atoms with Gasteiger partial charge in [-0.15, -0.1) is 0 Å². The first kappa shape index (κ1) is 17.4. The molecular weight excluding hydrogens is 310 g/mol. The highest BCUT2D eigenvalue weighted by molar-refractivity contribution is 5.49. The van der Waals surface area contributed by atoms with Gasteiger partial charge < -0.3 is 9.53 Å². The normalized spacial score (nSPS) is 29.8. The highest BCUT2D eigenvalue weighted by Crippen LogP contribution is 2.48. The number of hydrogen-bond donors (Lipinski definition) is 0. The second kappa shape index (κ2) is 7.62. The summed E-state index contributed by atoms with van der Waals surface area (Å²) in [7, 11) is 1.29. The van der Waals surface area contributed by atoms with E-state index in [1.807, 2.05) is 0 Å². The molecule has 4 unspecified atom stereocenters. The Balaban J connectivity index is 1.65. The smallest absolute Gasteiger partial charge is 0.190 e. The van der Waals surface area contributed by atoms with Gasteiger partial charge >= 0.3 is 0 Å². The summed E-state index contributed by atoms with van der Waals surface area (Å²) in [6.45, 7) is 0. The van der Waals surface area contributed by atoms with E-state index >= 15 is 0 Å². The van der Waals surface area contributed by atoms with Crippen molar-refractivity contribution in [2.24, 2.45) is 17.8 Å². The summed E-state index contributed by atoms with van der Waals surface area (Å²) in [6, 6.07) is 2.89. The molecule has 2 aliphatic carbocycles. The minimum Gasteiger partial charge on any atom is -0.491 e. The minimum atomic E-state index is -0.604. The number of halogens is 2. The summed E-state index contributed by atoms with van der Waals surface area (Å²) in [6.07, 6.45) is 9.45. The van der Waals surface area contributed by atoms with Gasteiger partial charge in [0.2, 0.25) is 0 Å². The van der Waals surface area contributed by atoms with Gasteiger partial charge in [0, 0.05) is 6.42 Å². The molecule has 0 amide bonds. The summed E-state index contributed by atoms with van der Waals surface area (Å²) in [5, 5.41) is 0. The fraction of sp³-hybridized carbons (Fsp3) is 0.650. The Hall–Kier alpha value is -1.45. The lowest BCUT2D eigenvalue weighted by Crippen LogP contribution is -2.30. The maximum absolute atomic E-state index is 14.0. The van der Waals surface area contributed by atoms with Crippen LogP contribution < -0.4 is 4.74 Å². The van der Waals surface area contributed by atoms with Crippen LogP contribution in [0.15, 0.2) is 12.1 Å². The standard InChI is InChI=1S/C20H26F2O2/c1-24-20-18(21)11-17(12-19(20)22)16-7-6-14-9-13(3-2-8-23)4-5-15(14)10-16/h8,11-16H,2-7,9-10H2,1H3. The second-order valence-corrected chi connectivity index (χ2v) is 7.47. The Morgan fingerprint density at radius 2 is 1.75 bits per heavy atom. The largest absolute Gasteiger partial charge is 0.491 e. The molecule has 0 radical (unpaired) electrons. The molecule has 132 valence electrons. The number of fused-ring (bicyclic) bond motifs is 1. The van der Waals surface area contributed by atoms with E-state index in [1.165, 1.54) is 38.5 Å². The summed E-state index contributed by atoms with van der Waals surface area (Å²) >= 11 is 0. The van der Waals surface area contributed by atoms with Gasteiger partial charge in [-0.2, -0.15) is 0 Å². The number of ether oxygens (including phenoxy) is 1. The van der Waals surface area contributed by atoms with Gasteiger partial charge in [0.1, 0.15) is 6.29 Å². The van der Waals surface area contributed by atoms with Crippen LogP contribution in [0.1, 0.15) is 62.8 Å². The minimum absolute atomic E-state index is 0.243. The average Bonchev–Trinajstić information content (AvgIpc) is 2.59. The number of hydrogen-bond acceptors (Lipinski definition) is 2. The lowest BCUT2D eigenvalue weighted by Gasteiger charge is -2.42. The number of aldehydes is 1. The molecule has 3 rings (SSSR count). The van der Waals surface area contributed by atoms with E-state index in [4.69, 9.17) is 4.74 Å². The molecule has 0 spiro atoms. The Bertz CT molecular complexity index is 564. The molecule has 2 saturated carbocycles. The Kier molecular flexibility index (Phi) is 5.52. The fourth-order valence-electron chi connectivity index (χ4n) is 4.87. The molecule has 0 N–H and O–H groups in total. The van der Waals surface area contributed by atoms with Crippen LogP contribution >= 0.6 is 0 Å². The molecule has 0 saturated heterocycles. The lowest BCUT2D eigenvalue weighted by molar-refractivity contribution is -0.108. The molecule has 4 atom stereocenters. The van der Waals surface area contributed by atoms with Gasteiger partial charge in [0.15, 0.2) is 17.4 Å². The maximum Gasteiger partial charge on any atom is 0.190 e. The molecule has 0 heterocycles. The van der Waals surface area contributed by atoms with Crippen LogP contribution in [0.4, 0.5) is 8.78 Å². The molecule has 24 heavy (non-hydrogen) atoms. The van der Waals surface area contributed by atoms with Crippen molar-refractivity contribution < 1.29 is 18.3 Å². The van der Waals surface area contributed by atoms with E-state index in [0.717, 1.165) is 43.5 Å². The van der Waals surface area contributed by atoms with E-state index in [1.54, 1.807) is 0 Å². The number of methoxy groups -OCH3 is 1. The topological polar surface area (TPSA) is 26.3 Å². The number of carbonyl (C=O) groups is 1. The van der Waals surface area contributed by atoms with Gasteiger partial charge in [-0.05, 0) is 79.9 Å². The SMILES string of the molecule is COc1c(F)cc(C2CCC3CC(CCC=O)CCC3C2)cc1F. The van der Waals surface area contributed by atoms with Crippen LogP contribution in [0.5, 0.6) is 5.75 Å². The van der Waals surface area contributed by atoms with Crippen molar-refractivity contribution in [2.75, 3.05) is 7.11 Å². The van der Waals surface area contributed by atoms with Gasteiger partial charge in [-0.3, -0.25) is 0 Å². The van der Waals surface area contributed by atoms with Crippen molar-refractivity contribution in [3.63, 3.8) is 0 Å². The average molecular weight is 336 g/mol. The van der Waals surface area contributed by atoms with Crippen molar-refractivity contribution in [3.8, 4) is 5.75 Å². The van der Waals surface area contributed by atoms with Crippen LogP contribution in [0, 0.1) is 29.4 Å². The van der Waals surface area contributed by atoms with E-state index < -0.39 is 11.6 Å². The Morgan fingerprint density at radius 3 is 2.42 bits per heavy atom. The molecule has 2 nitrogen and oxygen atoms in total. The van der Waals surface area contributed by atoms with E-state index in [2.05, 4.69) is 0 Å². The first-order chi connectivity index (χ1) is 11.6. The molecule has 0 aliphatic heterocycles. The van der Waals surface area contributed by atoms with Gasteiger partial charge in [-0.25, -0.2) is 8.78 Å². The van der Waals surface area contributed by atoms with Crippen LogP contribution in [0.3, 0.4) is 0 Å². The van der Waals surface area contributed by atoms with Crippen LogP contribution in [0.25, 0.3) is 0 Å². The van der Waals surface area contributed by atoms with Crippen molar-refractivity contribution >= 4 is 6.29 Å². The maximum atomic E-state index is 14.0. The van der Waals surface area contributed by atoms with Crippen molar-refractivity contribution in [3.05, 3.63) is 29.3 Å². The molecule has 2 fully saturated rings. The third kappa shape index (κ3) is 3.62. The van der Waals surface area contributed by atoms with E-state index in [0.29, 0.717) is 18.3 Å². The first-order valence-corrected chi connectivity index (χ1v) is 9.09. The van der Waals surface area contributed by atoms with Gasteiger partial charge in [0.25, 0.3) is 0 Å². The molecule has 0 aromatic heterocycles. The predicted octanol–water partition coefficient (Wildman–Crippen LogP) is 5.25. The fourth-order valence-corrected chi connectivity index (χ4v) is 4.87.